The van der Waals surface area contributed by atoms with Crippen molar-refractivity contribution in [1.29, 1.82) is 0 Å². The highest BCUT2D eigenvalue weighted by Crippen LogP contribution is 2.46. The van der Waals surface area contributed by atoms with Crippen LogP contribution in [0.4, 0.5) is 0 Å². The van der Waals surface area contributed by atoms with Crippen molar-refractivity contribution in [2.24, 2.45) is 0 Å². The van der Waals surface area contributed by atoms with E-state index < -0.39 is 12.1 Å². The molecule has 1 aromatic carbocycles. The summed E-state index contributed by atoms with van der Waals surface area (Å²) < 4.78 is 10.4. The SMILES string of the molecule is CCCC(C(=O)OCC)N1[C@H](C(=O)OCC)[C@H]1c1ccccc1. The van der Waals surface area contributed by atoms with Crippen LogP contribution in [0.1, 0.15) is 45.2 Å². The van der Waals surface area contributed by atoms with Crippen LogP contribution in [0.3, 0.4) is 0 Å². The maximum Gasteiger partial charge on any atom is 0.325 e. The quantitative estimate of drug-likeness (QED) is 0.545. The molecule has 126 valence electrons. The molecule has 5 nitrogen and oxygen atoms in total. The Bertz CT molecular complexity index is 531. The molecule has 1 fully saturated rings. The second-order valence-electron chi connectivity index (χ2n) is 5.56. The highest BCUT2D eigenvalue weighted by atomic mass is 16.5. The summed E-state index contributed by atoms with van der Waals surface area (Å²) in [6, 6.07) is 8.84. The third kappa shape index (κ3) is 3.91. The number of hydrogen-bond donors (Lipinski definition) is 0. The monoisotopic (exact) mass is 319 g/mol. The van der Waals surface area contributed by atoms with E-state index in [4.69, 9.17) is 9.47 Å². The minimum Gasteiger partial charge on any atom is -0.465 e. The van der Waals surface area contributed by atoms with Crippen LogP contribution in [0.15, 0.2) is 30.3 Å². The van der Waals surface area contributed by atoms with E-state index in [1.165, 1.54) is 0 Å². The summed E-state index contributed by atoms with van der Waals surface area (Å²) in [6.45, 7) is 6.28. The normalized spacial score (nSPS) is 23.9. The van der Waals surface area contributed by atoms with Gasteiger partial charge in [-0.05, 0) is 25.8 Å². The molecule has 1 saturated heterocycles. The standard InChI is InChI=1S/C18H25NO4/c1-4-10-14(17(20)22-5-2)19-15(13-11-8-7-9-12-13)16(19)18(21)23-6-3/h7-9,11-12,14-16H,4-6,10H2,1-3H3/t14?,15-,16+,19?/m1/s1. The number of carbonyl (C=O) groups is 2. The number of benzene rings is 1. The fourth-order valence-electron chi connectivity index (χ4n) is 3.02. The number of ether oxygens (including phenoxy) is 2. The third-order valence-corrected chi connectivity index (χ3v) is 4.00. The van der Waals surface area contributed by atoms with Gasteiger partial charge in [-0.2, -0.15) is 0 Å². The van der Waals surface area contributed by atoms with Crippen molar-refractivity contribution < 1.29 is 19.1 Å². The van der Waals surface area contributed by atoms with Crippen LogP contribution < -0.4 is 0 Å². The molecule has 0 bridgehead atoms. The minimum atomic E-state index is -0.404. The number of nitrogens with zero attached hydrogens (tertiary/aromatic N) is 1. The van der Waals surface area contributed by atoms with Gasteiger partial charge in [-0.3, -0.25) is 14.5 Å². The fraction of sp³-hybridized carbons (Fsp3) is 0.556. The molecular weight excluding hydrogens is 294 g/mol. The summed E-state index contributed by atoms with van der Waals surface area (Å²) in [5.74, 6) is -0.533. The van der Waals surface area contributed by atoms with Gasteiger partial charge in [0.1, 0.15) is 12.1 Å². The smallest absolute Gasteiger partial charge is 0.325 e. The number of esters is 2. The van der Waals surface area contributed by atoms with Gasteiger partial charge in [-0.1, -0.05) is 43.7 Å². The van der Waals surface area contributed by atoms with E-state index in [-0.39, 0.29) is 18.0 Å². The average Bonchev–Trinajstić information content (AvgIpc) is 3.29. The largest absolute Gasteiger partial charge is 0.465 e. The summed E-state index contributed by atoms with van der Waals surface area (Å²) in [6.07, 6.45) is 1.51. The van der Waals surface area contributed by atoms with Gasteiger partial charge in [0, 0.05) is 0 Å². The predicted octanol–water partition coefficient (Wildman–Crippen LogP) is 2.71. The van der Waals surface area contributed by atoms with Crippen molar-refractivity contribution >= 4 is 11.9 Å². The zero-order valence-electron chi connectivity index (χ0n) is 14.0. The summed E-state index contributed by atoms with van der Waals surface area (Å²) in [5, 5.41) is 0. The van der Waals surface area contributed by atoms with E-state index >= 15 is 0 Å². The van der Waals surface area contributed by atoms with Gasteiger partial charge in [0.15, 0.2) is 0 Å². The second-order valence-corrected chi connectivity index (χ2v) is 5.56. The van der Waals surface area contributed by atoms with Gasteiger partial charge in [-0.15, -0.1) is 0 Å². The topological polar surface area (TPSA) is 55.6 Å². The first-order valence-electron chi connectivity index (χ1n) is 8.31. The van der Waals surface area contributed by atoms with Crippen molar-refractivity contribution in [3.63, 3.8) is 0 Å². The van der Waals surface area contributed by atoms with Gasteiger partial charge >= 0.3 is 11.9 Å². The van der Waals surface area contributed by atoms with Gasteiger partial charge in [0.05, 0.1) is 19.3 Å². The van der Waals surface area contributed by atoms with Crippen LogP contribution in [0, 0.1) is 0 Å². The molecule has 0 radical (unpaired) electrons. The Hall–Kier alpha value is -1.88. The third-order valence-electron chi connectivity index (χ3n) is 4.00. The first-order valence-corrected chi connectivity index (χ1v) is 8.31. The molecule has 23 heavy (non-hydrogen) atoms. The first kappa shape index (κ1) is 17.5. The highest BCUT2D eigenvalue weighted by molar-refractivity contribution is 5.84. The molecule has 1 aliphatic rings. The maximum absolute atomic E-state index is 12.3. The zero-order valence-corrected chi connectivity index (χ0v) is 14.0. The molecule has 0 aromatic heterocycles. The number of hydrogen-bond acceptors (Lipinski definition) is 5. The Morgan fingerprint density at radius 3 is 2.30 bits per heavy atom. The van der Waals surface area contributed by atoms with Gasteiger partial charge in [0.25, 0.3) is 0 Å². The van der Waals surface area contributed by atoms with Crippen LogP contribution in [0.5, 0.6) is 0 Å². The van der Waals surface area contributed by atoms with E-state index in [0.29, 0.717) is 19.6 Å². The molecule has 4 atom stereocenters. The maximum atomic E-state index is 12.3. The van der Waals surface area contributed by atoms with Gasteiger partial charge < -0.3 is 9.47 Å². The summed E-state index contributed by atoms with van der Waals surface area (Å²) in [7, 11) is 0. The summed E-state index contributed by atoms with van der Waals surface area (Å²) in [4.78, 5) is 26.5. The van der Waals surface area contributed by atoms with Crippen LogP contribution in [-0.2, 0) is 19.1 Å². The first-order chi connectivity index (χ1) is 11.2. The Labute approximate surface area is 137 Å². The molecule has 2 rings (SSSR count). The van der Waals surface area contributed by atoms with E-state index in [1.54, 1.807) is 13.8 Å². The molecule has 0 spiro atoms. The second kappa shape index (κ2) is 8.11. The van der Waals surface area contributed by atoms with Crippen LogP contribution >= 0.6 is 0 Å². The van der Waals surface area contributed by atoms with E-state index in [0.717, 1.165) is 12.0 Å². The molecule has 0 N–H and O–H groups in total. The lowest BCUT2D eigenvalue weighted by Crippen LogP contribution is -2.34. The molecule has 1 aromatic rings. The molecule has 2 unspecified atom stereocenters. The van der Waals surface area contributed by atoms with E-state index in [9.17, 15) is 9.59 Å². The lowest BCUT2D eigenvalue weighted by Gasteiger charge is -2.17. The van der Waals surface area contributed by atoms with Crippen LogP contribution in [0.25, 0.3) is 0 Å². The van der Waals surface area contributed by atoms with Crippen LogP contribution in [-0.4, -0.2) is 42.1 Å². The number of carbonyl (C=O) groups excluding carboxylic acids is 2. The minimum absolute atomic E-state index is 0.115. The summed E-state index contributed by atoms with van der Waals surface area (Å²) >= 11 is 0. The highest BCUT2D eigenvalue weighted by Gasteiger charge is 2.59. The molecule has 1 aliphatic heterocycles. The van der Waals surface area contributed by atoms with Crippen molar-refractivity contribution in [3.05, 3.63) is 35.9 Å². The summed E-state index contributed by atoms with van der Waals surface area (Å²) in [5.41, 5.74) is 1.02. The number of rotatable bonds is 8. The van der Waals surface area contributed by atoms with Crippen molar-refractivity contribution in [1.82, 2.24) is 4.90 Å². The van der Waals surface area contributed by atoms with Crippen molar-refractivity contribution in [2.75, 3.05) is 13.2 Å². The van der Waals surface area contributed by atoms with Crippen molar-refractivity contribution in [2.45, 2.75) is 51.7 Å². The Kier molecular flexibility index (Phi) is 6.16. The van der Waals surface area contributed by atoms with E-state index in [2.05, 4.69) is 0 Å². The fourth-order valence-corrected chi connectivity index (χ4v) is 3.02. The Morgan fingerprint density at radius 2 is 1.74 bits per heavy atom. The van der Waals surface area contributed by atoms with Gasteiger partial charge in [-0.25, -0.2) is 0 Å². The molecule has 0 saturated carbocycles. The molecular formula is C18H25NO4. The molecule has 0 amide bonds. The molecule has 1 heterocycles. The zero-order chi connectivity index (χ0) is 16.8. The van der Waals surface area contributed by atoms with Gasteiger partial charge in [0.2, 0.25) is 0 Å². The lowest BCUT2D eigenvalue weighted by atomic mass is 10.1. The molecule has 0 aliphatic carbocycles. The Morgan fingerprint density at radius 1 is 1.09 bits per heavy atom. The van der Waals surface area contributed by atoms with E-state index in [1.807, 2.05) is 42.2 Å². The van der Waals surface area contributed by atoms with Crippen molar-refractivity contribution in [3.8, 4) is 0 Å². The van der Waals surface area contributed by atoms with Crippen LogP contribution in [0.2, 0.25) is 0 Å². The molecule has 5 heteroatoms. The lowest BCUT2D eigenvalue weighted by molar-refractivity contribution is -0.149. The predicted molar refractivity (Wildman–Crippen MR) is 86.8 cm³/mol. The Balaban J connectivity index is 2.24. The average molecular weight is 319 g/mol.